The zero-order chi connectivity index (χ0) is 11.8. The third kappa shape index (κ3) is 5.03. The lowest BCUT2D eigenvalue weighted by Gasteiger charge is -2.20. The molecule has 0 rings (SSSR count). The number of thiol groups is 1. The van der Waals surface area contributed by atoms with Gasteiger partial charge in [0.25, 0.3) is 0 Å². The molecule has 88 valence electrons. The molecule has 0 aromatic heterocycles. The molecule has 0 saturated carbocycles. The maximum atomic E-state index is 11.3. The van der Waals surface area contributed by atoms with Crippen molar-refractivity contribution in [3.8, 4) is 0 Å². The summed E-state index contributed by atoms with van der Waals surface area (Å²) in [7, 11) is 0. The van der Waals surface area contributed by atoms with Crippen molar-refractivity contribution >= 4 is 24.5 Å². The smallest absolute Gasteiger partial charge is 0.329 e. The minimum atomic E-state index is -1.26. The zero-order valence-electron chi connectivity index (χ0n) is 8.72. The molecule has 0 aliphatic heterocycles. The number of hydroxylamine groups is 2. The largest absolute Gasteiger partial charge is 0.480 e. The van der Waals surface area contributed by atoms with Gasteiger partial charge in [-0.2, -0.15) is 12.6 Å². The van der Waals surface area contributed by atoms with Crippen LogP contribution in [0, 0.1) is 0 Å². The molecule has 0 aromatic rings. The van der Waals surface area contributed by atoms with Crippen molar-refractivity contribution in [2.24, 2.45) is 0 Å². The average molecular weight is 235 g/mol. The van der Waals surface area contributed by atoms with Crippen LogP contribution in [-0.2, 0) is 9.59 Å². The quantitative estimate of drug-likeness (QED) is 0.268. The van der Waals surface area contributed by atoms with Crippen LogP contribution in [0.15, 0.2) is 0 Å². The number of aliphatic carboxylic acids is 1. The summed E-state index contributed by atoms with van der Waals surface area (Å²) < 4.78 is 0. The minimum Gasteiger partial charge on any atom is -0.480 e. The van der Waals surface area contributed by atoms with E-state index in [0.717, 1.165) is 12.8 Å². The van der Waals surface area contributed by atoms with Crippen molar-refractivity contribution in [3.63, 3.8) is 0 Å². The van der Waals surface area contributed by atoms with Gasteiger partial charge in [0.2, 0.25) is 5.91 Å². The van der Waals surface area contributed by atoms with Gasteiger partial charge in [-0.1, -0.05) is 19.8 Å². The van der Waals surface area contributed by atoms with Gasteiger partial charge in [0.05, 0.1) is 0 Å². The molecular formula is C9H17NO4S. The van der Waals surface area contributed by atoms with Crippen LogP contribution in [0.4, 0.5) is 0 Å². The van der Waals surface area contributed by atoms with Crippen LogP contribution >= 0.6 is 12.6 Å². The summed E-state index contributed by atoms with van der Waals surface area (Å²) in [6, 6.07) is -1.26. The van der Waals surface area contributed by atoms with Crippen molar-refractivity contribution in [1.29, 1.82) is 0 Å². The number of nitrogens with zero attached hydrogens (tertiary/aromatic N) is 1. The Morgan fingerprint density at radius 1 is 1.40 bits per heavy atom. The molecular weight excluding hydrogens is 218 g/mol. The van der Waals surface area contributed by atoms with Crippen molar-refractivity contribution in [3.05, 3.63) is 0 Å². The van der Waals surface area contributed by atoms with Gasteiger partial charge in [-0.15, -0.1) is 0 Å². The Morgan fingerprint density at radius 3 is 2.40 bits per heavy atom. The fraction of sp³-hybridized carbons (Fsp3) is 0.778. The summed E-state index contributed by atoms with van der Waals surface area (Å²) in [5.41, 5.74) is 0. The molecule has 6 heteroatoms. The summed E-state index contributed by atoms with van der Waals surface area (Å²) in [6.07, 6.45) is 2.68. The Bertz CT molecular complexity index is 222. The van der Waals surface area contributed by atoms with Crippen molar-refractivity contribution < 1.29 is 19.9 Å². The van der Waals surface area contributed by atoms with E-state index in [-0.39, 0.29) is 17.2 Å². The lowest BCUT2D eigenvalue weighted by molar-refractivity contribution is -0.183. The summed E-state index contributed by atoms with van der Waals surface area (Å²) in [6.45, 7) is 2.00. The third-order valence-corrected chi connectivity index (χ3v) is 2.35. The molecule has 5 nitrogen and oxygen atoms in total. The molecule has 0 heterocycles. The molecule has 0 unspecified atom stereocenters. The Balaban J connectivity index is 4.10. The predicted octanol–water partition coefficient (Wildman–Crippen LogP) is 1.17. The van der Waals surface area contributed by atoms with E-state index in [4.69, 9.17) is 5.11 Å². The Morgan fingerprint density at radius 2 is 2.00 bits per heavy atom. The normalized spacial score (nSPS) is 12.2. The van der Waals surface area contributed by atoms with Gasteiger partial charge < -0.3 is 5.11 Å². The van der Waals surface area contributed by atoms with E-state index in [1.165, 1.54) is 0 Å². The standard InChI is InChI=1S/C9H17NO4S/c1-2-3-4-5-8(11)10(14)7(6-15)9(12)13/h7,14-15H,2-6H2,1H3,(H,12,13)/t7-/m1/s1. The number of hydrogen-bond donors (Lipinski definition) is 3. The fourth-order valence-corrected chi connectivity index (χ4v) is 1.39. The Kier molecular flexibility index (Phi) is 7.15. The van der Waals surface area contributed by atoms with Crippen LogP contribution in [0.3, 0.4) is 0 Å². The van der Waals surface area contributed by atoms with Gasteiger partial charge in [-0.25, -0.2) is 9.86 Å². The molecule has 0 aromatic carbocycles. The van der Waals surface area contributed by atoms with Gasteiger partial charge in [-0.05, 0) is 6.42 Å². The number of carboxylic acids is 1. The molecule has 1 atom stereocenters. The van der Waals surface area contributed by atoms with Gasteiger partial charge in [0.15, 0.2) is 6.04 Å². The first kappa shape index (κ1) is 14.2. The molecule has 0 bridgehead atoms. The fourth-order valence-electron chi connectivity index (χ4n) is 1.07. The van der Waals surface area contributed by atoms with E-state index in [1.807, 2.05) is 6.92 Å². The van der Waals surface area contributed by atoms with E-state index in [2.05, 4.69) is 12.6 Å². The van der Waals surface area contributed by atoms with Crippen LogP contribution in [0.2, 0.25) is 0 Å². The minimum absolute atomic E-state index is 0.106. The van der Waals surface area contributed by atoms with Crippen LogP contribution < -0.4 is 0 Å². The van der Waals surface area contributed by atoms with Gasteiger partial charge in [0, 0.05) is 12.2 Å². The number of carboxylic acid groups (broad SMARTS) is 1. The summed E-state index contributed by atoms with van der Waals surface area (Å²) in [5.74, 6) is -1.92. The maximum Gasteiger partial charge on any atom is 0.329 e. The highest BCUT2D eigenvalue weighted by Gasteiger charge is 2.26. The topological polar surface area (TPSA) is 77.8 Å². The lowest BCUT2D eigenvalue weighted by Crippen LogP contribution is -2.44. The highest BCUT2D eigenvalue weighted by Crippen LogP contribution is 2.06. The number of amides is 1. The summed E-state index contributed by atoms with van der Waals surface area (Å²) in [4.78, 5) is 21.9. The van der Waals surface area contributed by atoms with Crippen LogP contribution in [0.25, 0.3) is 0 Å². The number of unbranched alkanes of at least 4 members (excludes halogenated alkanes) is 2. The van der Waals surface area contributed by atoms with E-state index >= 15 is 0 Å². The first-order valence-corrected chi connectivity index (χ1v) is 5.52. The van der Waals surface area contributed by atoms with Crippen molar-refractivity contribution in [1.82, 2.24) is 5.06 Å². The number of carbonyl (C=O) groups is 2. The van der Waals surface area contributed by atoms with E-state index in [9.17, 15) is 14.8 Å². The van der Waals surface area contributed by atoms with Crippen LogP contribution in [-0.4, -0.2) is 39.0 Å². The van der Waals surface area contributed by atoms with E-state index in [1.54, 1.807) is 0 Å². The number of carbonyl (C=O) groups excluding carboxylic acids is 1. The Hall–Kier alpha value is -0.750. The monoisotopic (exact) mass is 235 g/mol. The molecule has 2 N–H and O–H groups in total. The van der Waals surface area contributed by atoms with Gasteiger partial charge in [-0.3, -0.25) is 10.0 Å². The molecule has 0 aliphatic rings. The second-order valence-corrected chi connectivity index (χ2v) is 3.60. The van der Waals surface area contributed by atoms with Crippen LogP contribution in [0.1, 0.15) is 32.6 Å². The van der Waals surface area contributed by atoms with Gasteiger partial charge >= 0.3 is 5.97 Å². The first-order chi connectivity index (χ1) is 7.04. The highest BCUT2D eigenvalue weighted by molar-refractivity contribution is 7.80. The molecule has 0 saturated heterocycles. The molecule has 15 heavy (non-hydrogen) atoms. The van der Waals surface area contributed by atoms with E-state index < -0.39 is 17.9 Å². The van der Waals surface area contributed by atoms with Crippen LogP contribution in [0.5, 0.6) is 0 Å². The lowest BCUT2D eigenvalue weighted by atomic mass is 10.2. The average Bonchev–Trinajstić information content (AvgIpc) is 2.18. The maximum absolute atomic E-state index is 11.3. The number of rotatable bonds is 7. The highest BCUT2D eigenvalue weighted by atomic mass is 32.1. The SMILES string of the molecule is CCCCCC(=O)N(O)[C@H](CS)C(=O)O. The first-order valence-electron chi connectivity index (χ1n) is 4.89. The molecule has 0 radical (unpaired) electrons. The molecule has 0 spiro atoms. The van der Waals surface area contributed by atoms with E-state index in [0.29, 0.717) is 6.42 Å². The summed E-state index contributed by atoms with van der Waals surface area (Å²) >= 11 is 3.76. The van der Waals surface area contributed by atoms with Crippen molar-refractivity contribution in [2.45, 2.75) is 38.6 Å². The second kappa shape index (κ2) is 7.53. The van der Waals surface area contributed by atoms with Crippen molar-refractivity contribution in [2.75, 3.05) is 5.75 Å². The summed E-state index contributed by atoms with van der Waals surface area (Å²) in [5, 5.41) is 18.2. The third-order valence-electron chi connectivity index (χ3n) is 2.00. The Labute approximate surface area is 94.4 Å². The zero-order valence-corrected chi connectivity index (χ0v) is 9.61. The van der Waals surface area contributed by atoms with Gasteiger partial charge in [0.1, 0.15) is 0 Å². The molecule has 1 amide bonds. The second-order valence-electron chi connectivity index (χ2n) is 3.23. The molecule has 0 aliphatic carbocycles. The number of hydrogen-bond acceptors (Lipinski definition) is 4. The predicted molar refractivity (Wildman–Crippen MR) is 58.1 cm³/mol. The molecule has 0 fully saturated rings.